The van der Waals surface area contributed by atoms with E-state index in [-0.39, 0.29) is 16.6 Å². The number of aryl methyl sites for hydroxylation is 1. The third-order valence-electron chi connectivity index (χ3n) is 4.35. The van der Waals surface area contributed by atoms with E-state index < -0.39 is 10.0 Å². The molecule has 7 nitrogen and oxygen atoms in total. The highest BCUT2D eigenvalue weighted by atomic mass is 32.2. The quantitative estimate of drug-likeness (QED) is 0.701. The molecule has 2 aromatic carbocycles. The van der Waals surface area contributed by atoms with Gasteiger partial charge in [-0.05, 0) is 42.8 Å². The average molecular weight is 437 g/mol. The van der Waals surface area contributed by atoms with E-state index in [1.165, 1.54) is 38.0 Å². The number of benzene rings is 2. The topological polar surface area (TPSA) is 84.9 Å². The molecule has 29 heavy (non-hydrogen) atoms. The second-order valence-corrected chi connectivity index (χ2v) is 9.96. The minimum absolute atomic E-state index is 0.138. The van der Waals surface area contributed by atoms with Crippen LogP contribution in [0.1, 0.15) is 12.0 Å². The normalized spacial score (nSPS) is 13.8. The van der Waals surface area contributed by atoms with E-state index in [1.54, 1.807) is 6.07 Å². The number of ether oxygens (including phenoxy) is 2. The van der Waals surface area contributed by atoms with Gasteiger partial charge in [0.2, 0.25) is 15.9 Å². The summed E-state index contributed by atoms with van der Waals surface area (Å²) in [5.74, 6) is 1.37. The summed E-state index contributed by atoms with van der Waals surface area (Å²) >= 11 is 1.37. The standard InChI is InChI=1S/C20H24N2O5S2/c1-14-5-7-16(29(24,25)22(2)3)12-17(14)21-20(23)13-28-15-6-8-18-19(11-15)27-10-4-9-26-18/h5-8,11-12H,4,9-10,13H2,1-3H3,(H,21,23). The third-order valence-corrected chi connectivity index (χ3v) is 7.16. The fourth-order valence-corrected chi connectivity index (χ4v) is 4.33. The zero-order valence-electron chi connectivity index (χ0n) is 16.6. The summed E-state index contributed by atoms with van der Waals surface area (Å²) in [7, 11) is -0.625. The Morgan fingerprint density at radius 1 is 1.10 bits per heavy atom. The highest BCUT2D eigenvalue weighted by Crippen LogP contribution is 2.34. The number of amides is 1. The molecule has 1 aliphatic heterocycles. The van der Waals surface area contributed by atoms with E-state index in [2.05, 4.69) is 5.32 Å². The van der Waals surface area contributed by atoms with Crippen LogP contribution in [-0.4, -0.2) is 51.7 Å². The van der Waals surface area contributed by atoms with Crippen LogP contribution in [0.4, 0.5) is 5.69 Å². The van der Waals surface area contributed by atoms with Gasteiger partial charge in [-0.15, -0.1) is 11.8 Å². The van der Waals surface area contributed by atoms with Gasteiger partial charge in [-0.25, -0.2) is 12.7 Å². The summed E-state index contributed by atoms with van der Waals surface area (Å²) in [4.78, 5) is 13.5. The molecule has 0 saturated heterocycles. The van der Waals surface area contributed by atoms with Gasteiger partial charge in [-0.1, -0.05) is 6.07 Å². The molecule has 0 aromatic heterocycles. The van der Waals surface area contributed by atoms with Gasteiger partial charge in [0.05, 0.1) is 23.9 Å². The van der Waals surface area contributed by atoms with Crippen molar-refractivity contribution in [1.29, 1.82) is 0 Å². The molecule has 0 bridgehead atoms. The van der Waals surface area contributed by atoms with E-state index >= 15 is 0 Å². The van der Waals surface area contributed by atoms with Gasteiger partial charge in [0.15, 0.2) is 11.5 Å². The van der Waals surface area contributed by atoms with Gasteiger partial charge in [-0.2, -0.15) is 0 Å². The van der Waals surface area contributed by atoms with Crippen LogP contribution in [0, 0.1) is 6.92 Å². The average Bonchev–Trinajstić information content (AvgIpc) is 2.92. The van der Waals surface area contributed by atoms with Crippen molar-refractivity contribution in [2.24, 2.45) is 0 Å². The highest BCUT2D eigenvalue weighted by Gasteiger charge is 2.19. The van der Waals surface area contributed by atoms with E-state index in [0.717, 1.165) is 21.2 Å². The van der Waals surface area contributed by atoms with Crippen molar-refractivity contribution >= 4 is 33.4 Å². The lowest BCUT2D eigenvalue weighted by Gasteiger charge is -2.14. The van der Waals surface area contributed by atoms with Crippen LogP contribution < -0.4 is 14.8 Å². The highest BCUT2D eigenvalue weighted by molar-refractivity contribution is 8.00. The van der Waals surface area contributed by atoms with E-state index in [1.807, 2.05) is 25.1 Å². The Labute approximate surface area is 175 Å². The van der Waals surface area contributed by atoms with E-state index in [0.29, 0.717) is 30.4 Å². The Kier molecular flexibility index (Phi) is 6.71. The number of nitrogens with zero attached hydrogens (tertiary/aromatic N) is 1. The van der Waals surface area contributed by atoms with Gasteiger partial charge in [0, 0.05) is 31.1 Å². The van der Waals surface area contributed by atoms with Crippen molar-refractivity contribution < 1.29 is 22.7 Å². The summed E-state index contributed by atoms with van der Waals surface area (Å²) in [5.41, 5.74) is 1.27. The zero-order chi connectivity index (χ0) is 21.0. The predicted molar refractivity (Wildman–Crippen MR) is 113 cm³/mol. The maximum absolute atomic E-state index is 12.4. The second kappa shape index (κ2) is 9.06. The number of thioether (sulfide) groups is 1. The molecule has 1 amide bonds. The molecule has 1 N–H and O–H groups in total. The van der Waals surface area contributed by atoms with Gasteiger partial charge in [0.25, 0.3) is 0 Å². The minimum atomic E-state index is -3.57. The van der Waals surface area contributed by atoms with Crippen molar-refractivity contribution in [3.05, 3.63) is 42.0 Å². The molecular weight excluding hydrogens is 412 g/mol. The number of fused-ring (bicyclic) bond motifs is 1. The number of rotatable bonds is 6. The molecule has 2 aromatic rings. The largest absolute Gasteiger partial charge is 0.490 e. The number of sulfonamides is 1. The Hall–Kier alpha value is -2.23. The summed E-state index contributed by atoms with van der Waals surface area (Å²) in [6.07, 6.45) is 0.835. The lowest BCUT2D eigenvalue weighted by molar-refractivity contribution is -0.113. The van der Waals surface area contributed by atoms with Gasteiger partial charge >= 0.3 is 0 Å². The molecule has 156 valence electrons. The summed E-state index contributed by atoms with van der Waals surface area (Å²) in [5, 5.41) is 2.81. The summed E-state index contributed by atoms with van der Waals surface area (Å²) < 4.78 is 37.1. The van der Waals surface area contributed by atoms with Crippen LogP contribution in [0.2, 0.25) is 0 Å². The van der Waals surface area contributed by atoms with Crippen LogP contribution in [0.5, 0.6) is 11.5 Å². The first-order valence-electron chi connectivity index (χ1n) is 9.13. The Bertz CT molecular complexity index is 1010. The lowest BCUT2D eigenvalue weighted by atomic mass is 10.2. The zero-order valence-corrected chi connectivity index (χ0v) is 18.2. The van der Waals surface area contributed by atoms with Crippen LogP contribution >= 0.6 is 11.8 Å². The first-order valence-corrected chi connectivity index (χ1v) is 11.6. The first kappa shape index (κ1) is 21.5. The minimum Gasteiger partial charge on any atom is -0.490 e. The van der Waals surface area contributed by atoms with Crippen molar-refractivity contribution in [2.45, 2.75) is 23.1 Å². The van der Waals surface area contributed by atoms with Crippen molar-refractivity contribution in [3.63, 3.8) is 0 Å². The first-order chi connectivity index (χ1) is 13.8. The van der Waals surface area contributed by atoms with E-state index in [9.17, 15) is 13.2 Å². The van der Waals surface area contributed by atoms with Crippen LogP contribution in [-0.2, 0) is 14.8 Å². The summed E-state index contributed by atoms with van der Waals surface area (Å²) in [6.45, 7) is 3.05. The molecule has 3 rings (SSSR count). The summed E-state index contributed by atoms with van der Waals surface area (Å²) in [6, 6.07) is 10.3. The molecule has 0 fully saturated rings. The van der Waals surface area contributed by atoms with Crippen LogP contribution in [0.3, 0.4) is 0 Å². The van der Waals surface area contributed by atoms with E-state index in [4.69, 9.17) is 9.47 Å². The molecule has 0 radical (unpaired) electrons. The van der Waals surface area contributed by atoms with Crippen molar-refractivity contribution in [3.8, 4) is 11.5 Å². The Balaban J connectivity index is 1.66. The smallest absolute Gasteiger partial charge is 0.242 e. The molecule has 0 atom stereocenters. The fraction of sp³-hybridized carbons (Fsp3) is 0.350. The third kappa shape index (κ3) is 5.23. The molecule has 0 saturated carbocycles. The SMILES string of the molecule is Cc1ccc(S(=O)(=O)N(C)C)cc1NC(=O)CSc1ccc2c(c1)OCCCO2. The molecule has 0 aliphatic carbocycles. The maximum Gasteiger partial charge on any atom is 0.242 e. The Morgan fingerprint density at radius 3 is 2.55 bits per heavy atom. The molecule has 9 heteroatoms. The van der Waals surface area contributed by atoms with Crippen LogP contribution in [0.25, 0.3) is 0 Å². The van der Waals surface area contributed by atoms with Gasteiger partial charge in [0.1, 0.15) is 0 Å². The molecule has 0 unspecified atom stereocenters. The van der Waals surface area contributed by atoms with Crippen molar-refractivity contribution in [1.82, 2.24) is 4.31 Å². The van der Waals surface area contributed by atoms with Crippen molar-refractivity contribution in [2.75, 3.05) is 38.4 Å². The number of nitrogens with one attached hydrogen (secondary N) is 1. The predicted octanol–water partition coefficient (Wildman–Crippen LogP) is 3.14. The number of carbonyl (C=O) groups is 1. The lowest BCUT2D eigenvalue weighted by Crippen LogP contribution is -2.22. The molecule has 0 spiro atoms. The number of carbonyl (C=O) groups excluding carboxylic acids is 1. The van der Waals surface area contributed by atoms with Gasteiger partial charge < -0.3 is 14.8 Å². The molecular formula is C20H24N2O5S2. The fourth-order valence-electron chi connectivity index (χ4n) is 2.68. The number of hydrogen-bond acceptors (Lipinski definition) is 6. The second-order valence-electron chi connectivity index (χ2n) is 6.76. The number of anilines is 1. The number of hydrogen-bond donors (Lipinski definition) is 1. The maximum atomic E-state index is 12.4. The van der Waals surface area contributed by atoms with Crippen LogP contribution in [0.15, 0.2) is 46.2 Å². The molecule has 1 heterocycles. The Morgan fingerprint density at radius 2 is 1.83 bits per heavy atom. The monoisotopic (exact) mass is 436 g/mol. The van der Waals surface area contributed by atoms with Gasteiger partial charge in [-0.3, -0.25) is 4.79 Å². The molecule has 1 aliphatic rings.